The molecule has 0 atom stereocenters. The van der Waals surface area contributed by atoms with Gasteiger partial charge in [-0.3, -0.25) is 0 Å². The zero-order chi connectivity index (χ0) is 16.4. The molecule has 0 saturated heterocycles. The van der Waals surface area contributed by atoms with Crippen molar-refractivity contribution >= 4 is 16.3 Å². The van der Waals surface area contributed by atoms with Gasteiger partial charge in [0.1, 0.15) is 5.01 Å². The van der Waals surface area contributed by atoms with Crippen LogP contribution in [0.5, 0.6) is 0 Å². The lowest BCUT2D eigenvalue weighted by Gasteiger charge is -2.55. The van der Waals surface area contributed by atoms with Gasteiger partial charge in [0.05, 0.1) is 0 Å². The molecule has 1 aromatic carbocycles. The first kappa shape index (κ1) is 14.4. The van der Waals surface area contributed by atoms with Crippen molar-refractivity contribution in [3.8, 4) is 0 Å². The van der Waals surface area contributed by atoms with E-state index in [0.717, 1.165) is 40.0 Å². The fourth-order valence-electron chi connectivity index (χ4n) is 6.21. The summed E-state index contributed by atoms with van der Waals surface area (Å²) in [6, 6.07) is 10.6. The summed E-state index contributed by atoms with van der Waals surface area (Å²) in [7, 11) is 0. The predicted octanol–water partition coefficient (Wildman–Crippen LogP) is 4.24. The minimum atomic E-state index is 0.256. The van der Waals surface area contributed by atoms with Crippen LogP contribution >= 0.6 is 11.3 Å². The SMILES string of the molecule is c1ccc(Cc2nn3c(C45CC6CC(CC(C6)C4)C5)nnc3s2)cc1. The van der Waals surface area contributed by atoms with Crippen molar-refractivity contribution in [1.82, 2.24) is 19.8 Å². The summed E-state index contributed by atoms with van der Waals surface area (Å²) in [5, 5.41) is 15.2. The topological polar surface area (TPSA) is 43.1 Å². The van der Waals surface area contributed by atoms with Crippen LogP contribution in [-0.2, 0) is 11.8 Å². The molecule has 128 valence electrons. The molecule has 4 bridgehead atoms. The maximum Gasteiger partial charge on any atom is 0.234 e. The number of aromatic nitrogens is 4. The predicted molar refractivity (Wildman–Crippen MR) is 97.8 cm³/mol. The highest BCUT2D eigenvalue weighted by Crippen LogP contribution is 2.60. The van der Waals surface area contributed by atoms with Gasteiger partial charge in [0.2, 0.25) is 4.96 Å². The molecule has 4 aliphatic rings. The Morgan fingerprint density at radius 2 is 1.64 bits per heavy atom. The van der Waals surface area contributed by atoms with Gasteiger partial charge in [0, 0.05) is 11.8 Å². The third-order valence-electron chi connectivity index (χ3n) is 6.74. The first-order valence-corrected chi connectivity index (χ1v) is 10.3. The lowest BCUT2D eigenvalue weighted by molar-refractivity contribution is -0.0103. The monoisotopic (exact) mass is 350 g/mol. The number of hydrogen-bond donors (Lipinski definition) is 0. The second-order valence-electron chi connectivity index (χ2n) is 8.57. The van der Waals surface area contributed by atoms with E-state index in [-0.39, 0.29) is 5.41 Å². The number of rotatable bonds is 3. The van der Waals surface area contributed by atoms with Gasteiger partial charge >= 0.3 is 0 Å². The van der Waals surface area contributed by atoms with Gasteiger partial charge in [-0.25, -0.2) is 0 Å². The summed E-state index contributed by atoms with van der Waals surface area (Å²) in [4.78, 5) is 0.969. The maximum atomic E-state index is 4.94. The Bertz CT molecular complexity index is 890. The Kier molecular flexibility index (Phi) is 2.96. The lowest BCUT2D eigenvalue weighted by atomic mass is 9.49. The molecule has 4 aliphatic carbocycles. The highest BCUT2D eigenvalue weighted by molar-refractivity contribution is 7.16. The van der Waals surface area contributed by atoms with Crippen molar-refractivity contribution < 1.29 is 0 Å². The normalized spacial score (nSPS) is 33.4. The minimum absolute atomic E-state index is 0.256. The van der Waals surface area contributed by atoms with Crippen molar-refractivity contribution in [2.75, 3.05) is 0 Å². The molecule has 0 amide bonds. The zero-order valence-corrected chi connectivity index (χ0v) is 15.1. The summed E-state index contributed by atoms with van der Waals surface area (Å²) in [6.45, 7) is 0. The summed E-state index contributed by atoms with van der Waals surface area (Å²) in [5.41, 5.74) is 1.57. The van der Waals surface area contributed by atoms with Crippen molar-refractivity contribution in [2.45, 2.75) is 50.4 Å². The van der Waals surface area contributed by atoms with Crippen LogP contribution < -0.4 is 0 Å². The highest BCUT2D eigenvalue weighted by atomic mass is 32.1. The third-order valence-corrected chi connectivity index (χ3v) is 7.64. The summed E-state index contributed by atoms with van der Waals surface area (Å²) in [6.07, 6.45) is 9.18. The Labute approximate surface area is 151 Å². The maximum absolute atomic E-state index is 4.94. The molecule has 0 spiro atoms. The van der Waals surface area contributed by atoms with Crippen LogP contribution in [-0.4, -0.2) is 19.8 Å². The summed E-state index contributed by atoms with van der Waals surface area (Å²) in [5.74, 6) is 3.92. The molecule has 4 saturated carbocycles. The minimum Gasteiger partial charge on any atom is -0.187 e. The van der Waals surface area contributed by atoms with Crippen LogP contribution in [0.25, 0.3) is 4.96 Å². The van der Waals surface area contributed by atoms with Crippen molar-refractivity contribution in [3.63, 3.8) is 0 Å². The molecule has 4 nitrogen and oxygen atoms in total. The number of benzene rings is 1. The summed E-state index contributed by atoms with van der Waals surface area (Å²) < 4.78 is 2.09. The van der Waals surface area contributed by atoms with Crippen LogP contribution in [0.1, 0.15) is 54.9 Å². The molecule has 0 unspecified atom stereocenters. The number of hydrogen-bond acceptors (Lipinski definition) is 4. The van der Waals surface area contributed by atoms with Crippen LogP contribution in [0.2, 0.25) is 0 Å². The molecule has 5 heteroatoms. The molecular weight excluding hydrogens is 328 g/mol. The van der Waals surface area contributed by atoms with Crippen molar-refractivity contribution in [1.29, 1.82) is 0 Å². The first-order valence-electron chi connectivity index (χ1n) is 9.53. The molecule has 2 heterocycles. The third kappa shape index (κ3) is 2.21. The van der Waals surface area contributed by atoms with E-state index < -0.39 is 0 Å². The van der Waals surface area contributed by atoms with E-state index in [1.165, 1.54) is 44.1 Å². The molecule has 4 fully saturated rings. The van der Waals surface area contributed by atoms with E-state index in [1.807, 2.05) is 0 Å². The molecular formula is C20H22N4S. The second-order valence-corrected chi connectivity index (χ2v) is 9.61. The average Bonchev–Trinajstić information content (AvgIpc) is 3.14. The van der Waals surface area contributed by atoms with Gasteiger partial charge < -0.3 is 0 Å². The van der Waals surface area contributed by atoms with Crippen LogP contribution in [0.15, 0.2) is 30.3 Å². The van der Waals surface area contributed by atoms with E-state index in [2.05, 4.69) is 45.0 Å². The van der Waals surface area contributed by atoms with E-state index in [4.69, 9.17) is 5.10 Å². The van der Waals surface area contributed by atoms with Gasteiger partial charge in [0.25, 0.3) is 0 Å². The molecule has 2 aromatic heterocycles. The van der Waals surface area contributed by atoms with Crippen molar-refractivity contribution in [2.24, 2.45) is 17.8 Å². The lowest BCUT2D eigenvalue weighted by Crippen LogP contribution is -2.49. The van der Waals surface area contributed by atoms with Gasteiger partial charge in [-0.2, -0.15) is 9.61 Å². The second kappa shape index (κ2) is 5.13. The fourth-order valence-corrected chi connectivity index (χ4v) is 7.08. The van der Waals surface area contributed by atoms with E-state index in [9.17, 15) is 0 Å². The summed E-state index contributed by atoms with van der Waals surface area (Å²) >= 11 is 1.70. The zero-order valence-electron chi connectivity index (χ0n) is 14.3. The van der Waals surface area contributed by atoms with E-state index >= 15 is 0 Å². The number of fused-ring (bicyclic) bond motifs is 1. The van der Waals surface area contributed by atoms with Crippen LogP contribution in [0, 0.1) is 17.8 Å². The van der Waals surface area contributed by atoms with Crippen LogP contribution in [0.3, 0.4) is 0 Å². The van der Waals surface area contributed by atoms with Gasteiger partial charge in [-0.1, -0.05) is 41.7 Å². The Balaban J connectivity index is 1.39. The number of nitrogens with zero attached hydrogens (tertiary/aromatic N) is 4. The molecule has 3 aromatic rings. The Morgan fingerprint density at radius 3 is 2.32 bits per heavy atom. The van der Waals surface area contributed by atoms with Gasteiger partial charge in [-0.05, 0) is 61.8 Å². The van der Waals surface area contributed by atoms with Crippen LogP contribution in [0.4, 0.5) is 0 Å². The molecule has 25 heavy (non-hydrogen) atoms. The quantitative estimate of drug-likeness (QED) is 0.709. The first-order chi connectivity index (χ1) is 12.3. The molecule has 7 rings (SSSR count). The van der Waals surface area contributed by atoms with E-state index in [1.54, 1.807) is 11.3 Å². The highest BCUT2D eigenvalue weighted by Gasteiger charge is 2.54. The molecule has 0 aliphatic heterocycles. The Morgan fingerprint density at radius 1 is 0.960 bits per heavy atom. The van der Waals surface area contributed by atoms with E-state index in [0.29, 0.717) is 0 Å². The largest absolute Gasteiger partial charge is 0.234 e. The molecule has 0 N–H and O–H groups in total. The fraction of sp³-hybridized carbons (Fsp3) is 0.550. The van der Waals surface area contributed by atoms with Gasteiger partial charge in [-0.15, -0.1) is 10.2 Å². The van der Waals surface area contributed by atoms with Crippen molar-refractivity contribution in [3.05, 3.63) is 46.7 Å². The standard InChI is InChI=1S/C20H22N4S/c1-2-4-13(5-3-1)9-17-23-24-18(21-22-19(24)25-17)20-10-14-6-15(11-20)8-16(7-14)12-20/h1-5,14-16H,6-12H2. The average molecular weight is 350 g/mol. The molecule has 0 radical (unpaired) electrons. The van der Waals surface area contributed by atoms with Gasteiger partial charge in [0.15, 0.2) is 5.82 Å². The Hall–Kier alpha value is -1.75. The smallest absolute Gasteiger partial charge is 0.187 e.